The van der Waals surface area contributed by atoms with Crippen LogP contribution >= 0.6 is 0 Å². The van der Waals surface area contributed by atoms with Crippen molar-refractivity contribution in [2.75, 3.05) is 23.3 Å². The maximum absolute atomic E-state index is 12.2. The number of hydrogen-bond donors (Lipinski definition) is 1. The zero-order valence-corrected chi connectivity index (χ0v) is 15.4. The lowest BCUT2D eigenvalue weighted by atomic mass is 10.1. The van der Waals surface area contributed by atoms with Crippen LogP contribution in [0.3, 0.4) is 0 Å². The van der Waals surface area contributed by atoms with Gasteiger partial charge in [-0.1, -0.05) is 0 Å². The molecule has 1 aromatic carbocycles. The van der Waals surface area contributed by atoms with Crippen molar-refractivity contribution in [3.05, 3.63) is 52.3 Å². The van der Waals surface area contributed by atoms with Gasteiger partial charge in [0, 0.05) is 24.5 Å². The van der Waals surface area contributed by atoms with Gasteiger partial charge in [0.25, 0.3) is 5.91 Å². The summed E-state index contributed by atoms with van der Waals surface area (Å²) in [6, 6.07) is 9.66. The van der Waals surface area contributed by atoms with E-state index in [4.69, 9.17) is 9.15 Å². The molecule has 148 valence electrons. The highest BCUT2D eigenvalue weighted by atomic mass is 16.7. The normalized spacial score (nSPS) is 15.0. The van der Waals surface area contributed by atoms with E-state index < -0.39 is 28.8 Å². The van der Waals surface area contributed by atoms with Crippen molar-refractivity contribution in [3.8, 4) is 0 Å². The summed E-state index contributed by atoms with van der Waals surface area (Å²) in [6.07, 6.45) is 2.52. The highest BCUT2D eigenvalue weighted by Gasteiger charge is 2.23. The lowest BCUT2D eigenvalue weighted by Gasteiger charge is -2.28. The number of furan rings is 1. The number of piperidine rings is 1. The molecule has 3 rings (SSSR count). The Hall–Kier alpha value is -3.36. The number of amides is 1. The summed E-state index contributed by atoms with van der Waals surface area (Å²) in [6.45, 7) is 3.47. The van der Waals surface area contributed by atoms with Crippen LogP contribution in [-0.2, 0) is 9.53 Å². The molecule has 1 amide bonds. The molecule has 0 unspecified atom stereocenters. The van der Waals surface area contributed by atoms with Gasteiger partial charge < -0.3 is 19.4 Å². The molecule has 1 saturated heterocycles. The predicted molar refractivity (Wildman–Crippen MR) is 101 cm³/mol. The summed E-state index contributed by atoms with van der Waals surface area (Å²) in [7, 11) is 0. The highest BCUT2D eigenvalue weighted by Crippen LogP contribution is 2.22. The maximum Gasteiger partial charge on any atom is 0.433 e. The summed E-state index contributed by atoms with van der Waals surface area (Å²) in [5, 5.41) is 13.3. The number of rotatable bonds is 6. The molecule has 1 fully saturated rings. The first kappa shape index (κ1) is 19.4. The minimum absolute atomic E-state index is 0.336. The molecular formula is C19H21N3O6. The first-order valence-electron chi connectivity index (χ1n) is 9.05. The molecule has 28 heavy (non-hydrogen) atoms. The van der Waals surface area contributed by atoms with Crippen molar-refractivity contribution in [2.45, 2.75) is 32.3 Å². The number of carbonyl (C=O) groups is 2. The zero-order chi connectivity index (χ0) is 20.1. The lowest BCUT2D eigenvalue weighted by Crippen LogP contribution is -2.30. The van der Waals surface area contributed by atoms with E-state index in [1.165, 1.54) is 26.2 Å². The average Bonchev–Trinajstić information content (AvgIpc) is 3.20. The van der Waals surface area contributed by atoms with Gasteiger partial charge in [0.15, 0.2) is 6.10 Å². The monoisotopic (exact) mass is 387 g/mol. The number of nitrogens with one attached hydrogen (secondary N) is 1. The molecule has 0 saturated carbocycles. The first-order valence-corrected chi connectivity index (χ1v) is 9.05. The van der Waals surface area contributed by atoms with Crippen molar-refractivity contribution in [1.82, 2.24) is 0 Å². The topological polar surface area (TPSA) is 115 Å². The minimum atomic E-state index is -1.10. The fourth-order valence-electron chi connectivity index (χ4n) is 2.96. The molecular weight excluding hydrogens is 366 g/mol. The molecule has 2 aromatic rings. The van der Waals surface area contributed by atoms with Crippen LogP contribution in [0.15, 0.2) is 40.8 Å². The fourth-order valence-corrected chi connectivity index (χ4v) is 2.96. The van der Waals surface area contributed by atoms with Gasteiger partial charge >= 0.3 is 11.9 Å². The Morgan fingerprint density at radius 2 is 1.82 bits per heavy atom. The van der Waals surface area contributed by atoms with Crippen LogP contribution in [0, 0.1) is 10.1 Å². The second-order valence-electron chi connectivity index (χ2n) is 6.53. The molecule has 1 aromatic heterocycles. The van der Waals surface area contributed by atoms with E-state index in [-0.39, 0.29) is 5.76 Å². The van der Waals surface area contributed by atoms with Crippen LogP contribution < -0.4 is 10.2 Å². The largest absolute Gasteiger partial charge is 0.447 e. The van der Waals surface area contributed by atoms with Gasteiger partial charge in [-0.25, -0.2) is 4.79 Å². The van der Waals surface area contributed by atoms with Gasteiger partial charge in [-0.05, 0) is 56.5 Å². The van der Waals surface area contributed by atoms with Gasteiger partial charge in [0.2, 0.25) is 5.76 Å². The summed E-state index contributed by atoms with van der Waals surface area (Å²) >= 11 is 0. The first-order chi connectivity index (χ1) is 13.4. The third kappa shape index (κ3) is 4.67. The van der Waals surface area contributed by atoms with Crippen molar-refractivity contribution in [3.63, 3.8) is 0 Å². The van der Waals surface area contributed by atoms with Gasteiger partial charge in [0.05, 0.1) is 6.07 Å². The SMILES string of the molecule is C[C@@H](OC(=O)c1ccc([N+](=O)[O-])o1)C(=O)Nc1ccc(N2CCCCC2)cc1. The number of esters is 1. The van der Waals surface area contributed by atoms with Crippen molar-refractivity contribution in [1.29, 1.82) is 0 Å². The van der Waals surface area contributed by atoms with Gasteiger partial charge in [0.1, 0.15) is 4.92 Å². The van der Waals surface area contributed by atoms with Gasteiger partial charge in [-0.2, -0.15) is 0 Å². The summed E-state index contributed by atoms with van der Waals surface area (Å²) < 4.78 is 9.77. The molecule has 1 N–H and O–H groups in total. The van der Waals surface area contributed by atoms with Gasteiger partial charge in [-0.3, -0.25) is 14.9 Å². The second-order valence-corrected chi connectivity index (χ2v) is 6.53. The van der Waals surface area contributed by atoms with E-state index in [1.807, 2.05) is 12.1 Å². The molecule has 1 atom stereocenters. The molecule has 2 heterocycles. The van der Waals surface area contributed by atoms with E-state index in [0.29, 0.717) is 5.69 Å². The Bertz CT molecular complexity index is 855. The molecule has 0 spiro atoms. The van der Waals surface area contributed by atoms with Crippen LogP contribution in [0.1, 0.15) is 36.7 Å². The van der Waals surface area contributed by atoms with E-state index in [9.17, 15) is 19.7 Å². The molecule has 1 aliphatic heterocycles. The predicted octanol–water partition coefficient (Wildman–Crippen LogP) is 3.36. The molecule has 9 nitrogen and oxygen atoms in total. The van der Waals surface area contributed by atoms with Crippen LogP contribution in [0.5, 0.6) is 0 Å². The van der Waals surface area contributed by atoms with Crippen molar-refractivity contribution >= 4 is 29.1 Å². The van der Waals surface area contributed by atoms with Crippen molar-refractivity contribution in [2.24, 2.45) is 0 Å². The number of nitrogens with zero attached hydrogens (tertiary/aromatic N) is 2. The molecule has 1 aliphatic rings. The van der Waals surface area contributed by atoms with E-state index in [2.05, 4.69) is 10.2 Å². The minimum Gasteiger partial charge on any atom is -0.447 e. The highest BCUT2D eigenvalue weighted by molar-refractivity contribution is 5.96. The Morgan fingerprint density at radius 1 is 1.14 bits per heavy atom. The third-order valence-electron chi connectivity index (χ3n) is 4.48. The zero-order valence-electron chi connectivity index (χ0n) is 15.4. The summed E-state index contributed by atoms with van der Waals surface area (Å²) in [4.78, 5) is 36.3. The quantitative estimate of drug-likeness (QED) is 0.459. The number of nitro groups is 1. The van der Waals surface area contributed by atoms with Crippen LogP contribution in [0.25, 0.3) is 0 Å². The standard InChI is InChI=1S/C19H21N3O6/c1-13(27-19(24)16-9-10-17(28-16)22(25)26)18(23)20-14-5-7-15(8-6-14)21-11-3-2-4-12-21/h5-10,13H,2-4,11-12H2,1H3,(H,20,23)/t13-/m1/s1. The Labute approximate surface area is 161 Å². The van der Waals surface area contributed by atoms with E-state index in [1.54, 1.807) is 12.1 Å². The van der Waals surface area contributed by atoms with E-state index >= 15 is 0 Å². The Kier molecular flexibility index (Phi) is 5.93. The number of carbonyl (C=O) groups excluding carboxylic acids is 2. The Morgan fingerprint density at radius 3 is 2.43 bits per heavy atom. The molecule has 9 heteroatoms. The Balaban J connectivity index is 1.54. The smallest absolute Gasteiger partial charge is 0.433 e. The van der Waals surface area contributed by atoms with Gasteiger partial charge in [-0.15, -0.1) is 0 Å². The molecule has 0 radical (unpaired) electrons. The van der Waals surface area contributed by atoms with Crippen LogP contribution in [0.4, 0.5) is 17.3 Å². The fraction of sp³-hybridized carbons (Fsp3) is 0.368. The van der Waals surface area contributed by atoms with Crippen LogP contribution in [-0.4, -0.2) is 36.0 Å². The summed E-state index contributed by atoms with van der Waals surface area (Å²) in [5.74, 6) is -2.37. The number of anilines is 2. The lowest BCUT2D eigenvalue weighted by molar-refractivity contribution is -0.402. The average molecular weight is 387 g/mol. The number of hydrogen-bond acceptors (Lipinski definition) is 7. The maximum atomic E-state index is 12.2. The number of ether oxygens (including phenoxy) is 1. The third-order valence-corrected chi connectivity index (χ3v) is 4.48. The summed E-state index contributed by atoms with van der Waals surface area (Å²) in [5.41, 5.74) is 1.69. The van der Waals surface area contributed by atoms with E-state index in [0.717, 1.165) is 30.9 Å². The van der Waals surface area contributed by atoms with Crippen LogP contribution in [0.2, 0.25) is 0 Å². The van der Waals surface area contributed by atoms with Crippen molar-refractivity contribution < 1.29 is 23.7 Å². The molecule has 0 aliphatic carbocycles. The second kappa shape index (κ2) is 8.55. The molecule has 0 bridgehead atoms. The number of benzene rings is 1.